The van der Waals surface area contributed by atoms with E-state index in [1.165, 1.54) is 37.7 Å². The molecular weight excluding hydrogens is 232 g/mol. The first-order valence-corrected chi connectivity index (χ1v) is 7.55. The molecule has 0 radical (unpaired) electrons. The Morgan fingerprint density at radius 1 is 1.00 bits per heavy atom. The molecule has 0 unspecified atom stereocenters. The molecule has 0 bridgehead atoms. The van der Waals surface area contributed by atoms with Crippen LogP contribution in [-0.4, -0.2) is 12.1 Å². The van der Waals surface area contributed by atoms with Gasteiger partial charge in [0.15, 0.2) is 0 Å². The lowest BCUT2D eigenvalue weighted by atomic mass is 9.62. The summed E-state index contributed by atoms with van der Waals surface area (Å²) >= 11 is 0. The lowest BCUT2D eigenvalue weighted by molar-refractivity contribution is 0.194. The van der Waals surface area contributed by atoms with E-state index in [-0.39, 0.29) is 5.41 Å². The van der Waals surface area contributed by atoms with Crippen LogP contribution in [0.15, 0.2) is 30.3 Å². The van der Waals surface area contributed by atoms with Gasteiger partial charge in [0, 0.05) is 12.1 Å². The Balaban J connectivity index is 1.59. The van der Waals surface area contributed by atoms with E-state index < -0.39 is 0 Å². The third kappa shape index (κ3) is 2.53. The van der Waals surface area contributed by atoms with Crippen molar-refractivity contribution >= 4 is 0 Å². The van der Waals surface area contributed by atoms with Crippen LogP contribution in [0.4, 0.5) is 0 Å². The van der Waals surface area contributed by atoms with E-state index in [9.17, 15) is 5.26 Å². The van der Waals surface area contributed by atoms with Crippen molar-refractivity contribution in [3.8, 4) is 6.07 Å². The third-order valence-corrected chi connectivity index (χ3v) is 4.81. The number of benzene rings is 1. The van der Waals surface area contributed by atoms with E-state index in [0.29, 0.717) is 12.1 Å². The minimum atomic E-state index is -0.229. The number of hydrogen-bond donors (Lipinski definition) is 1. The third-order valence-electron chi connectivity index (χ3n) is 4.81. The van der Waals surface area contributed by atoms with Gasteiger partial charge in [-0.15, -0.1) is 0 Å². The number of hydrogen-bond acceptors (Lipinski definition) is 2. The maximum atomic E-state index is 9.54. The second kappa shape index (κ2) is 5.35. The minimum absolute atomic E-state index is 0.229. The normalized spacial score (nSPS) is 31.4. The van der Waals surface area contributed by atoms with Gasteiger partial charge in [-0.3, -0.25) is 0 Å². The van der Waals surface area contributed by atoms with Crippen molar-refractivity contribution in [3.05, 3.63) is 35.9 Å². The van der Waals surface area contributed by atoms with Gasteiger partial charge in [-0.2, -0.15) is 5.26 Å². The highest BCUT2D eigenvalue weighted by Crippen LogP contribution is 2.43. The summed E-state index contributed by atoms with van der Waals surface area (Å²) in [6.45, 7) is 0. The van der Waals surface area contributed by atoms with E-state index in [1.54, 1.807) is 0 Å². The molecule has 1 aromatic carbocycles. The zero-order valence-corrected chi connectivity index (χ0v) is 11.4. The maximum absolute atomic E-state index is 9.54. The van der Waals surface area contributed by atoms with Gasteiger partial charge in [-0.1, -0.05) is 49.6 Å². The molecule has 2 saturated carbocycles. The van der Waals surface area contributed by atoms with Crippen LogP contribution >= 0.6 is 0 Å². The fourth-order valence-electron chi connectivity index (χ4n) is 3.65. The Kier molecular flexibility index (Phi) is 3.57. The van der Waals surface area contributed by atoms with Crippen molar-refractivity contribution in [1.29, 1.82) is 5.26 Å². The summed E-state index contributed by atoms with van der Waals surface area (Å²) in [6.07, 6.45) is 8.73. The highest BCUT2D eigenvalue weighted by atomic mass is 15.0. The Bertz CT molecular complexity index is 448. The average Bonchev–Trinajstić information content (AvgIpc) is 2.44. The van der Waals surface area contributed by atoms with Gasteiger partial charge in [0.2, 0.25) is 0 Å². The lowest BCUT2D eigenvalue weighted by Gasteiger charge is -2.45. The van der Waals surface area contributed by atoms with Gasteiger partial charge in [0.25, 0.3) is 0 Å². The van der Waals surface area contributed by atoms with Crippen molar-refractivity contribution in [2.75, 3.05) is 0 Å². The molecule has 2 fully saturated rings. The molecule has 3 rings (SSSR count). The second-order valence-corrected chi connectivity index (χ2v) is 6.17. The van der Waals surface area contributed by atoms with Crippen molar-refractivity contribution in [3.63, 3.8) is 0 Å². The monoisotopic (exact) mass is 254 g/mol. The predicted octanol–water partition coefficient (Wildman–Crippen LogP) is 3.53. The first kappa shape index (κ1) is 12.7. The molecular formula is C17H22N2. The van der Waals surface area contributed by atoms with Crippen LogP contribution in [0.1, 0.15) is 50.5 Å². The predicted molar refractivity (Wildman–Crippen MR) is 76.8 cm³/mol. The van der Waals surface area contributed by atoms with E-state index in [1.807, 2.05) is 18.2 Å². The molecule has 0 atom stereocenters. The molecule has 100 valence electrons. The topological polar surface area (TPSA) is 35.8 Å². The number of rotatable bonds is 3. The van der Waals surface area contributed by atoms with Gasteiger partial charge >= 0.3 is 0 Å². The zero-order chi connectivity index (χ0) is 13.1. The van der Waals surface area contributed by atoms with Crippen LogP contribution in [-0.2, 0) is 5.41 Å². The van der Waals surface area contributed by atoms with Crippen molar-refractivity contribution < 1.29 is 0 Å². The Morgan fingerprint density at radius 2 is 1.68 bits per heavy atom. The molecule has 0 spiro atoms. The van der Waals surface area contributed by atoms with Crippen LogP contribution in [0.3, 0.4) is 0 Å². The smallest absolute Gasteiger partial charge is 0.0852 e. The molecule has 19 heavy (non-hydrogen) atoms. The fraction of sp³-hybridized carbons (Fsp3) is 0.588. The van der Waals surface area contributed by atoms with Crippen LogP contribution in [0.5, 0.6) is 0 Å². The van der Waals surface area contributed by atoms with Crippen LogP contribution in [0.25, 0.3) is 0 Å². The fourth-order valence-corrected chi connectivity index (χ4v) is 3.65. The summed E-state index contributed by atoms with van der Waals surface area (Å²) in [7, 11) is 0. The standard InChI is InChI=1S/C17H22N2/c18-13-17(14-7-3-1-4-8-14)11-16(12-17)19-15-9-5-2-6-10-15/h1,3-4,7-8,15-16,19H,2,5-6,9-12H2. The molecule has 0 heterocycles. The van der Waals surface area contributed by atoms with Crippen LogP contribution < -0.4 is 5.32 Å². The number of nitriles is 1. The molecule has 2 aliphatic carbocycles. The van der Waals surface area contributed by atoms with Gasteiger partial charge in [-0.25, -0.2) is 0 Å². The molecule has 1 aromatic rings. The maximum Gasteiger partial charge on any atom is 0.0852 e. The molecule has 1 N–H and O–H groups in total. The molecule has 2 nitrogen and oxygen atoms in total. The Hall–Kier alpha value is -1.33. The highest BCUT2D eigenvalue weighted by molar-refractivity contribution is 5.36. The molecule has 2 heteroatoms. The van der Waals surface area contributed by atoms with Crippen LogP contribution in [0, 0.1) is 11.3 Å². The van der Waals surface area contributed by atoms with Gasteiger partial charge in [-0.05, 0) is 31.2 Å². The van der Waals surface area contributed by atoms with Gasteiger partial charge in [0.05, 0.1) is 11.5 Å². The quantitative estimate of drug-likeness (QED) is 0.895. The van der Waals surface area contributed by atoms with Crippen molar-refractivity contribution in [2.24, 2.45) is 0 Å². The summed E-state index contributed by atoms with van der Waals surface area (Å²) in [4.78, 5) is 0. The van der Waals surface area contributed by atoms with Gasteiger partial charge in [0.1, 0.15) is 0 Å². The highest BCUT2D eigenvalue weighted by Gasteiger charge is 2.46. The van der Waals surface area contributed by atoms with E-state index in [0.717, 1.165) is 12.8 Å². The lowest BCUT2D eigenvalue weighted by Crippen LogP contribution is -2.54. The molecule has 0 aliphatic heterocycles. The molecule has 2 aliphatic rings. The van der Waals surface area contributed by atoms with Crippen LogP contribution in [0.2, 0.25) is 0 Å². The number of nitrogens with one attached hydrogen (secondary N) is 1. The Morgan fingerprint density at radius 3 is 2.32 bits per heavy atom. The molecule has 0 aromatic heterocycles. The summed E-state index contributed by atoms with van der Waals surface area (Å²) in [5.41, 5.74) is 0.965. The molecule has 0 saturated heterocycles. The zero-order valence-electron chi connectivity index (χ0n) is 11.4. The average molecular weight is 254 g/mol. The van der Waals surface area contributed by atoms with E-state index in [2.05, 4.69) is 23.5 Å². The van der Waals surface area contributed by atoms with Gasteiger partial charge < -0.3 is 5.32 Å². The Labute approximate surface area is 115 Å². The van der Waals surface area contributed by atoms with Crippen molar-refractivity contribution in [2.45, 2.75) is 62.4 Å². The summed E-state index contributed by atoms with van der Waals surface area (Å²) in [5.74, 6) is 0. The first-order chi connectivity index (χ1) is 9.32. The summed E-state index contributed by atoms with van der Waals surface area (Å²) < 4.78 is 0. The van der Waals surface area contributed by atoms with Crippen molar-refractivity contribution in [1.82, 2.24) is 5.32 Å². The summed E-state index contributed by atoms with van der Waals surface area (Å²) in [5, 5.41) is 13.3. The first-order valence-electron chi connectivity index (χ1n) is 7.55. The second-order valence-electron chi connectivity index (χ2n) is 6.17. The number of nitrogens with zero attached hydrogens (tertiary/aromatic N) is 1. The largest absolute Gasteiger partial charge is 0.311 e. The van der Waals surface area contributed by atoms with E-state index in [4.69, 9.17) is 0 Å². The summed E-state index contributed by atoms with van der Waals surface area (Å²) in [6, 6.07) is 14.1. The minimum Gasteiger partial charge on any atom is -0.311 e. The van der Waals surface area contributed by atoms with E-state index >= 15 is 0 Å². The molecule has 0 amide bonds. The SMILES string of the molecule is N#CC1(c2ccccc2)CC(NC2CCCCC2)C1.